The second kappa shape index (κ2) is 8.16. The number of benzene rings is 2. The zero-order chi connectivity index (χ0) is 19.6. The molecule has 1 aliphatic rings. The molecule has 0 saturated carbocycles. The number of carboxylic acid groups (broad SMARTS) is 1. The molecule has 1 saturated heterocycles. The lowest BCUT2D eigenvalue weighted by Gasteiger charge is -2.40. The maximum absolute atomic E-state index is 10.9. The van der Waals surface area contributed by atoms with Crippen LogP contribution in [0.25, 0.3) is 0 Å². The monoisotopic (exact) mass is 374 g/mol. The first-order valence-electron chi connectivity index (χ1n) is 8.62. The van der Waals surface area contributed by atoms with Crippen molar-refractivity contribution in [2.24, 2.45) is 0 Å². The molecule has 7 nitrogen and oxygen atoms in total. The highest BCUT2D eigenvalue weighted by Gasteiger charge is 2.43. The van der Waals surface area contributed by atoms with Gasteiger partial charge in [-0.15, -0.1) is 0 Å². The molecule has 0 aromatic heterocycles. The van der Waals surface area contributed by atoms with E-state index in [1.54, 1.807) is 36.4 Å². The first-order valence-corrected chi connectivity index (χ1v) is 8.62. The van der Waals surface area contributed by atoms with Crippen molar-refractivity contribution in [1.29, 1.82) is 0 Å². The van der Waals surface area contributed by atoms with Crippen LogP contribution in [0.1, 0.15) is 33.2 Å². The fraction of sp³-hybridized carbons (Fsp3) is 0.350. The highest BCUT2D eigenvalue weighted by Crippen LogP contribution is 2.32. The van der Waals surface area contributed by atoms with E-state index in [4.69, 9.17) is 9.84 Å². The second-order valence-electron chi connectivity index (χ2n) is 6.67. The minimum Gasteiger partial charge on any atom is -0.478 e. The number of carboxylic acids is 1. The molecule has 5 atom stereocenters. The molecule has 2 aromatic rings. The zero-order valence-electron chi connectivity index (χ0n) is 14.5. The van der Waals surface area contributed by atoms with Crippen LogP contribution >= 0.6 is 0 Å². The Morgan fingerprint density at radius 1 is 0.926 bits per heavy atom. The topological polar surface area (TPSA) is 127 Å². The van der Waals surface area contributed by atoms with E-state index in [-0.39, 0.29) is 5.56 Å². The van der Waals surface area contributed by atoms with Crippen LogP contribution in [0.15, 0.2) is 48.5 Å². The van der Waals surface area contributed by atoms with Gasteiger partial charge in [-0.1, -0.05) is 36.4 Å². The average Bonchev–Trinajstić information content (AvgIpc) is 2.67. The van der Waals surface area contributed by atoms with Gasteiger partial charge in [0.1, 0.15) is 30.5 Å². The number of hydrogen-bond donors (Lipinski definition) is 5. The third kappa shape index (κ3) is 4.18. The molecule has 0 spiro atoms. The molecule has 7 heteroatoms. The van der Waals surface area contributed by atoms with Gasteiger partial charge in [0.2, 0.25) is 0 Å². The lowest BCUT2D eigenvalue weighted by atomic mass is 9.90. The molecule has 0 unspecified atom stereocenters. The largest absolute Gasteiger partial charge is 0.478 e. The summed E-state index contributed by atoms with van der Waals surface area (Å²) in [6.07, 6.45) is -5.43. The van der Waals surface area contributed by atoms with Crippen molar-refractivity contribution in [3.05, 3.63) is 70.8 Å². The van der Waals surface area contributed by atoms with E-state index in [2.05, 4.69) is 0 Å². The van der Waals surface area contributed by atoms with E-state index < -0.39 is 43.1 Å². The number of carbonyl (C=O) groups is 1. The molecule has 0 bridgehead atoms. The Labute approximate surface area is 156 Å². The number of hydrogen-bond acceptors (Lipinski definition) is 6. The molecule has 27 heavy (non-hydrogen) atoms. The van der Waals surface area contributed by atoms with Crippen LogP contribution in [-0.2, 0) is 11.2 Å². The molecule has 0 amide bonds. The van der Waals surface area contributed by atoms with Crippen molar-refractivity contribution >= 4 is 5.97 Å². The number of aliphatic hydroxyl groups is 4. The minimum atomic E-state index is -1.42. The van der Waals surface area contributed by atoms with Crippen molar-refractivity contribution in [2.75, 3.05) is 6.61 Å². The van der Waals surface area contributed by atoms with E-state index in [9.17, 15) is 25.2 Å². The smallest absolute Gasteiger partial charge is 0.335 e. The lowest BCUT2D eigenvalue weighted by Crippen LogP contribution is -2.55. The van der Waals surface area contributed by atoms with E-state index in [0.717, 1.165) is 11.1 Å². The van der Waals surface area contributed by atoms with Crippen molar-refractivity contribution in [3.63, 3.8) is 0 Å². The van der Waals surface area contributed by atoms with Crippen molar-refractivity contribution in [2.45, 2.75) is 36.9 Å². The Kier molecular flexibility index (Phi) is 5.88. The van der Waals surface area contributed by atoms with E-state index in [1.165, 1.54) is 0 Å². The van der Waals surface area contributed by atoms with Gasteiger partial charge in [-0.2, -0.15) is 0 Å². The first-order chi connectivity index (χ1) is 12.9. The van der Waals surface area contributed by atoms with Gasteiger partial charge in [0, 0.05) is 0 Å². The number of ether oxygens (including phenoxy) is 1. The van der Waals surface area contributed by atoms with Gasteiger partial charge in [0.05, 0.1) is 12.2 Å². The molecule has 144 valence electrons. The Bertz CT molecular complexity index is 787. The van der Waals surface area contributed by atoms with Crippen LogP contribution in [0.3, 0.4) is 0 Å². The van der Waals surface area contributed by atoms with Crippen LogP contribution in [-0.4, -0.2) is 62.5 Å². The predicted octanol–water partition coefficient (Wildman–Crippen LogP) is 0.490. The molecule has 1 fully saturated rings. The average molecular weight is 374 g/mol. The molecule has 1 aliphatic heterocycles. The molecule has 5 N–H and O–H groups in total. The van der Waals surface area contributed by atoms with Crippen LogP contribution < -0.4 is 0 Å². The van der Waals surface area contributed by atoms with Crippen LogP contribution in [0.4, 0.5) is 0 Å². The Morgan fingerprint density at radius 3 is 2.26 bits per heavy atom. The van der Waals surface area contributed by atoms with Crippen molar-refractivity contribution in [1.82, 2.24) is 0 Å². The maximum atomic E-state index is 10.9. The van der Waals surface area contributed by atoms with Gasteiger partial charge >= 0.3 is 5.97 Å². The summed E-state index contributed by atoms with van der Waals surface area (Å²) in [6, 6.07) is 13.8. The molecule has 2 aromatic carbocycles. The fourth-order valence-corrected chi connectivity index (χ4v) is 3.26. The minimum absolute atomic E-state index is 0.216. The van der Waals surface area contributed by atoms with E-state index in [0.29, 0.717) is 12.0 Å². The predicted molar refractivity (Wildman–Crippen MR) is 95.4 cm³/mol. The standard InChI is InChI=1S/C20H22O7/c21-10-15-16(22)17(23)18(24)19(27-15)14-3-1-2-12(9-14)8-11-4-6-13(7-5-11)20(25)26/h1-7,9,15-19,21-24H,8,10H2,(H,25,26)/t15-,16-,17+,18-,19+/m1/s1. The van der Waals surface area contributed by atoms with E-state index in [1.807, 2.05) is 12.1 Å². The number of aliphatic hydroxyl groups excluding tert-OH is 4. The van der Waals surface area contributed by atoms with Crippen LogP contribution in [0, 0.1) is 0 Å². The molecule has 0 radical (unpaired) electrons. The molecular formula is C20H22O7. The third-order valence-electron chi connectivity index (χ3n) is 4.78. The van der Waals surface area contributed by atoms with Crippen LogP contribution in [0.2, 0.25) is 0 Å². The molecular weight excluding hydrogens is 352 g/mol. The summed E-state index contributed by atoms with van der Waals surface area (Å²) in [4.78, 5) is 10.9. The fourth-order valence-electron chi connectivity index (χ4n) is 3.26. The quantitative estimate of drug-likeness (QED) is 0.515. The summed E-state index contributed by atoms with van der Waals surface area (Å²) in [5.74, 6) is -0.980. The van der Waals surface area contributed by atoms with Gasteiger partial charge in [0.25, 0.3) is 0 Å². The highest BCUT2D eigenvalue weighted by molar-refractivity contribution is 5.87. The molecule has 1 heterocycles. The molecule has 0 aliphatic carbocycles. The molecule has 3 rings (SSSR count). The summed E-state index contributed by atoms with van der Waals surface area (Å²) in [6.45, 7) is -0.475. The van der Waals surface area contributed by atoms with Crippen molar-refractivity contribution < 1.29 is 35.1 Å². The Hall–Kier alpha value is -2.29. The lowest BCUT2D eigenvalue weighted by molar-refractivity contribution is -0.231. The number of aromatic carboxylic acids is 1. The van der Waals surface area contributed by atoms with Gasteiger partial charge < -0.3 is 30.3 Å². The zero-order valence-corrected chi connectivity index (χ0v) is 14.5. The summed E-state index contributed by atoms with van der Waals surface area (Å²) in [5, 5.41) is 48.4. The first kappa shape index (κ1) is 19.5. The normalized spacial score (nSPS) is 28.1. The Balaban J connectivity index is 1.79. The second-order valence-corrected chi connectivity index (χ2v) is 6.67. The summed E-state index contributed by atoms with van der Waals surface area (Å²) >= 11 is 0. The third-order valence-corrected chi connectivity index (χ3v) is 4.78. The summed E-state index contributed by atoms with van der Waals surface area (Å²) < 4.78 is 5.59. The summed E-state index contributed by atoms with van der Waals surface area (Å²) in [5.41, 5.74) is 2.67. The Morgan fingerprint density at radius 2 is 1.63 bits per heavy atom. The highest BCUT2D eigenvalue weighted by atomic mass is 16.5. The van der Waals surface area contributed by atoms with Crippen LogP contribution in [0.5, 0.6) is 0 Å². The number of rotatable bonds is 5. The summed E-state index contributed by atoms with van der Waals surface area (Å²) in [7, 11) is 0. The SMILES string of the molecule is O=C(O)c1ccc(Cc2cccc([C@@H]3O[C@H](CO)[C@@H](O)[C@H](O)[C@H]3O)c2)cc1. The van der Waals surface area contributed by atoms with Gasteiger partial charge in [0.15, 0.2) is 0 Å². The van der Waals surface area contributed by atoms with Crippen molar-refractivity contribution in [3.8, 4) is 0 Å². The maximum Gasteiger partial charge on any atom is 0.335 e. The van der Waals surface area contributed by atoms with Gasteiger partial charge in [-0.3, -0.25) is 0 Å². The van der Waals surface area contributed by atoms with Gasteiger partial charge in [-0.05, 0) is 35.2 Å². The van der Waals surface area contributed by atoms with E-state index >= 15 is 0 Å². The van der Waals surface area contributed by atoms with Gasteiger partial charge in [-0.25, -0.2) is 4.79 Å².